The summed E-state index contributed by atoms with van der Waals surface area (Å²) in [6.45, 7) is 1.87. The lowest BCUT2D eigenvalue weighted by atomic mass is 10.2. The number of hydrogen-bond acceptors (Lipinski definition) is 2. The first-order valence-corrected chi connectivity index (χ1v) is 6.92. The monoisotopic (exact) mass is 317 g/mol. The lowest BCUT2D eigenvalue weighted by Crippen LogP contribution is -2.04. The smallest absolute Gasteiger partial charge is 0.326 e. The van der Waals surface area contributed by atoms with Crippen LogP contribution in [-0.4, -0.2) is 0 Å². The topological polar surface area (TPSA) is 12.0 Å². The number of aryl methyl sites for hydroxylation is 1. The second-order valence-corrected chi connectivity index (χ2v) is 5.48. The van der Waals surface area contributed by atoms with E-state index in [-0.39, 0.29) is 0 Å². The fourth-order valence-corrected chi connectivity index (χ4v) is 2.41. The van der Waals surface area contributed by atoms with E-state index in [0.29, 0.717) is 10.7 Å². The number of nitrogens with one attached hydrogen (secondary N) is 1. The van der Waals surface area contributed by atoms with Gasteiger partial charge in [0.2, 0.25) is 0 Å². The summed E-state index contributed by atoms with van der Waals surface area (Å²) >= 11 is 7.15. The highest BCUT2D eigenvalue weighted by Crippen LogP contribution is 2.32. The summed E-state index contributed by atoms with van der Waals surface area (Å²) in [7, 11) is 0. The Morgan fingerprint density at radius 3 is 2.50 bits per heavy atom. The average Bonchev–Trinajstić information content (AvgIpc) is 2.39. The highest BCUT2D eigenvalue weighted by Gasteiger charge is 2.30. The van der Waals surface area contributed by atoms with Crippen molar-refractivity contribution < 1.29 is 13.2 Å². The summed E-state index contributed by atoms with van der Waals surface area (Å²) in [4.78, 5) is 0.879. The van der Waals surface area contributed by atoms with Gasteiger partial charge < -0.3 is 4.72 Å². The molecule has 106 valence electrons. The molecule has 0 amide bonds. The highest BCUT2D eigenvalue weighted by atomic mass is 35.5. The molecule has 0 saturated heterocycles. The summed E-state index contributed by atoms with van der Waals surface area (Å²) in [6, 6.07) is 10.5. The molecule has 6 heteroatoms. The van der Waals surface area contributed by atoms with Gasteiger partial charge in [0.05, 0.1) is 5.56 Å². The molecule has 0 radical (unpaired) electrons. The molecule has 1 N–H and O–H groups in total. The third-order valence-corrected chi connectivity index (χ3v) is 3.86. The average molecular weight is 318 g/mol. The van der Waals surface area contributed by atoms with E-state index in [2.05, 4.69) is 4.72 Å². The summed E-state index contributed by atoms with van der Waals surface area (Å²) < 4.78 is 40.6. The minimum Gasteiger partial charge on any atom is -0.326 e. The molecule has 2 rings (SSSR count). The van der Waals surface area contributed by atoms with Gasteiger partial charge in [-0.05, 0) is 60.8 Å². The Balaban J connectivity index is 2.09. The predicted octanol–water partition coefficient (Wildman–Crippen LogP) is 5.79. The maximum Gasteiger partial charge on any atom is 0.416 e. The van der Waals surface area contributed by atoms with E-state index in [4.69, 9.17) is 11.6 Å². The molecule has 0 bridgehead atoms. The maximum atomic E-state index is 12.6. The zero-order chi connectivity index (χ0) is 14.8. The number of benzene rings is 2. The van der Waals surface area contributed by atoms with E-state index < -0.39 is 11.7 Å². The molecule has 0 unspecified atom stereocenters. The molecule has 0 heterocycles. The van der Waals surface area contributed by atoms with Gasteiger partial charge in [0.1, 0.15) is 0 Å². The molecule has 0 aliphatic carbocycles. The Morgan fingerprint density at radius 2 is 1.85 bits per heavy atom. The van der Waals surface area contributed by atoms with Gasteiger partial charge in [-0.1, -0.05) is 17.7 Å². The van der Waals surface area contributed by atoms with Crippen LogP contribution < -0.4 is 4.72 Å². The number of alkyl halides is 3. The SMILES string of the molecule is Cc1cc(SNc2cccc(C(F)(F)F)c2)ccc1Cl. The standard InChI is InChI=1S/C14H11ClF3NS/c1-9-7-12(5-6-13(9)15)20-19-11-4-2-3-10(8-11)14(16,17)18/h2-8,19H,1H3. The van der Waals surface area contributed by atoms with Crippen molar-refractivity contribution in [1.29, 1.82) is 0 Å². The van der Waals surface area contributed by atoms with Crippen molar-refractivity contribution in [2.45, 2.75) is 18.0 Å². The van der Waals surface area contributed by atoms with E-state index in [1.54, 1.807) is 18.2 Å². The van der Waals surface area contributed by atoms with Gasteiger partial charge >= 0.3 is 6.18 Å². The Labute approximate surface area is 124 Å². The molecule has 0 spiro atoms. The molecule has 0 aliphatic heterocycles. The third kappa shape index (κ3) is 3.84. The van der Waals surface area contributed by atoms with Gasteiger partial charge in [0, 0.05) is 15.6 Å². The first-order valence-electron chi connectivity index (χ1n) is 5.72. The van der Waals surface area contributed by atoms with Crippen LogP contribution in [0.15, 0.2) is 47.4 Å². The van der Waals surface area contributed by atoms with Crippen molar-refractivity contribution in [2.24, 2.45) is 0 Å². The van der Waals surface area contributed by atoms with E-state index in [0.717, 1.165) is 22.6 Å². The number of anilines is 1. The zero-order valence-electron chi connectivity index (χ0n) is 10.5. The largest absolute Gasteiger partial charge is 0.416 e. The molecule has 0 aromatic heterocycles. The van der Waals surface area contributed by atoms with Crippen LogP contribution in [0.3, 0.4) is 0 Å². The van der Waals surface area contributed by atoms with Crippen LogP contribution in [0.25, 0.3) is 0 Å². The fraction of sp³-hybridized carbons (Fsp3) is 0.143. The number of halogens is 4. The third-order valence-electron chi connectivity index (χ3n) is 2.61. The normalized spacial score (nSPS) is 11.4. The Hall–Kier alpha value is -1.33. The quantitative estimate of drug-likeness (QED) is 0.719. The van der Waals surface area contributed by atoms with E-state index >= 15 is 0 Å². The number of rotatable bonds is 3. The van der Waals surface area contributed by atoms with Crippen molar-refractivity contribution in [3.05, 3.63) is 58.6 Å². The summed E-state index contributed by atoms with van der Waals surface area (Å²) in [6.07, 6.45) is -4.33. The van der Waals surface area contributed by atoms with E-state index in [9.17, 15) is 13.2 Å². The van der Waals surface area contributed by atoms with Crippen LogP contribution in [-0.2, 0) is 6.18 Å². The minimum absolute atomic E-state index is 0.400. The molecule has 1 nitrogen and oxygen atoms in total. The van der Waals surface area contributed by atoms with Gasteiger partial charge in [0.15, 0.2) is 0 Å². The van der Waals surface area contributed by atoms with Crippen molar-refractivity contribution >= 4 is 29.2 Å². The second-order valence-electron chi connectivity index (χ2n) is 4.19. The van der Waals surface area contributed by atoms with Crippen LogP contribution in [0.5, 0.6) is 0 Å². The van der Waals surface area contributed by atoms with Gasteiger partial charge in [-0.15, -0.1) is 0 Å². The van der Waals surface area contributed by atoms with Gasteiger partial charge in [-0.3, -0.25) is 0 Å². The molecule has 0 saturated carbocycles. The van der Waals surface area contributed by atoms with E-state index in [1.807, 2.05) is 13.0 Å². The predicted molar refractivity (Wildman–Crippen MR) is 77.1 cm³/mol. The minimum atomic E-state index is -4.33. The van der Waals surface area contributed by atoms with Crippen molar-refractivity contribution in [3.63, 3.8) is 0 Å². The molecule has 0 atom stereocenters. The summed E-state index contributed by atoms with van der Waals surface area (Å²) in [5, 5.41) is 0.661. The maximum absolute atomic E-state index is 12.6. The molecule has 20 heavy (non-hydrogen) atoms. The first-order chi connectivity index (χ1) is 9.36. The summed E-state index contributed by atoms with van der Waals surface area (Å²) in [5.41, 5.74) is 0.648. The zero-order valence-corrected chi connectivity index (χ0v) is 12.0. The van der Waals surface area contributed by atoms with Crippen LogP contribution in [0.4, 0.5) is 18.9 Å². The Kier molecular flexibility index (Phi) is 4.50. The molecular formula is C14H11ClF3NS. The second kappa shape index (κ2) is 5.97. The van der Waals surface area contributed by atoms with Crippen molar-refractivity contribution in [3.8, 4) is 0 Å². The summed E-state index contributed by atoms with van der Waals surface area (Å²) in [5.74, 6) is 0. The van der Waals surface area contributed by atoms with Crippen LogP contribution in [0.1, 0.15) is 11.1 Å². The van der Waals surface area contributed by atoms with Crippen LogP contribution in [0.2, 0.25) is 5.02 Å². The Morgan fingerprint density at radius 1 is 1.10 bits per heavy atom. The van der Waals surface area contributed by atoms with E-state index in [1.165, 1.54) is 18.0 Å². The molecule has 0 aliphatic rings. The van der Waals surface area contributed by atoms with Crippen molar-refractivity contribution in [2.75, 3.05) is 4.72 Å². The lowest BCUT2D eigenvalue weighted by Gasteiger charge is -2.10. The van der Waals surface area contributed by atoms with Crippen LogP contribution >= 0.6 is 23.5 Å². The Bertz CT molecular complexity index is 614. The fourth-order valence-electron chi connectivity index (χ4n) is 1.56. The van der Waals surface area contributed by atoms with Gasteiger partial charge in [-0.25, -0.2) is 0 Å². The molecule has 0 fully saturated rings. The lowest BCUT2D eigenvalue weighted by molar-refractivity contribution is -0.137. The van der Waals surface area contributed by atoms with Crippen LogP contribution in [0, 0.1) is 6.92 Å². The molecule has 2 aromatic carbocycles. The molecular weight excluding hydrogens is 307 g/mol. The number of hydrogen-bond donors (Lipinski definition) is 1. The first kappa shape index (κ1) is 15.1. The van der Waals surface area contributed by atoms with Gasteiger partial charge in [0.25, 0.3) is 0 Å². The van der Waals surface area contributed by atoms with Crippen molar-refractivity contribution in [1.82, 2.24) is 0 Å². The molecule has 2 aromatic rings. The highest BCUT2D eigenvalue weighted by molar-refractivity contribution is 8.00. The van der Waals surface area contributed by atoms with Gasteiger partial charge in [-0.2, -0.15) is 13.2 Å².